The fourth-order valence-electron chi connectivity index (χ4n) is 4.13. The highest BCUT2D eigenvalue weighted by Crippen LogP contribution is 2.38. The van der Waals surface area contributed by atoms with E-state index in [2.05, 4.69) is 4.98 Å². The van der Waals surface area contributed by atoms with Crippen LogP contribution in [0.4, 0.5) is 0 Å². The Morgan fingerprint density at radius 3 is 2.30 bits per heavy atom. The number of ether oxygens (including phenoxy) is 1. The number of aromatic nitrogens is 1. The van der Waals surface area contributed by atoms with E-state index in [1.54, 1.807) is 23.2 Å². The van der Waals surface area contributed by atoms with Crippen LogP contribution in [0, 0.1) is 0 Å². The predicted molar refractivity (Wildman–Crippen MR) is 122 cm³/mol. The normalized spacial score (nSPS) is 22.1. The molecule has 2 aliphatic heterocycles. The number of rotatable bonds is 7. The minimum Gasteiger partial charge on any atom is -0.481 e. The molecular weight excluding hydrogens is 423 g/mol. The highest BCUT2D eigenvalue weighted by molar-refractivity contribution is 6.62. The second kappa shape index (κ2) is 8.46. The topological polar surface area (TPSA) is 98.2 Å². The van der Waals surface area contributed by atoms with Crippen molar-refractivity contribution in [3.8, 4) is 5.88 Å². The van der Waals surface area contributed by atoms with Crippen LogP contribution in [0.5, 0.6) is 5.88 Å². The molecule has 33 heavy (non-hydrogen) atoms. The van der Waals surface area contributed by atoms with E-state index in [-0.39, 0.29) is 18.2 Å². The molecule has 2 aromatic rings. The number of carboxylic acids is 1. The van der Waals surface area contributed by atoms with Gasteiger partial charge in [0, 0.05) is 18.8 Å². The second-order valence-corrected chi connectivity index (χ2v) is 9.55. The molecular formula is C24H29BN2O6. The third-order valence-corrected chi connectivity index (χ3v) is 6.92. The molecule has 0 aliphatic carbocycles. The summed E-state index contributed by atoms with van der Waals surface area (Å²) in [5.74, 6) is -0.943. The van der Waals surface area contributed by atoms with Gasteiger partial charge < -0.3 is 24.1 Å². The zero-order chi connectivity index (χ0) is 24.0. The Labute approximate surface area is 194 Å². The highest BCUT2D eigenvalue weighted by Gasteiger charge is 2.51. The van der Waals surface area contributed by atoms with Crippen molar-refractivity contribution in [3.05, 3.63) is 53.7 Å². The number of nitrogens with zero attached hydrogens (tertiary/aromatic N) is 2. The molecule has 4 rings (SSSR count). The fourth-order valence-corrected chi connectivity index (χ4v) is 4.13. The lowest BCUT2D eigenvalue weighted by Gasteiger charge is -2.43. The lowest BCUT2D eigenvalue weighted by molar-refractivity contribution is -0.149. The van der Waals surface area contributed by atoms with Crippen molar-refractivity contribution < 1.29 is 28.7 Å². The summed E-state index contributed by atoms with van der Waals surface area (Å²) in [6.45, 7) is 8.48. The van der Waals surface area contributed by atoms with Crippen LogP contribution in [0.15, 0.2) is 42.6 Å². The van der Waals surface area contributed by atoms with Crippen LogP contribution in [0.2, 0.25) is 0 Å². The first-order chi connectivity index (χ1) is 15.5. The number of methoxy groups -OCH3 is 1. The number of aliphatic carboxylic acids is 1. The van der Waals surface area contributed by atoms with Crippen LogP contribution in [-0.4, -0.2) is 58.8 Å². The Morgan fingerprint density at radius 2 is 1.82 bits per heavy atom. The Bertz CT molecular complexity index is 1020. The van der Waals surface area contributed by atoms with E-state index in [0.717, 1.165) is 11.0 Å². The number of carbonyl (C=O) groups is 2. The molecule has 174 valence electrons. The minimum absolute atomic E-state index is 0.0968. The van der Waals surface area contributed by atoms with Crippen LogP contribution >= 0.6 is 0 Å². The second-order valence-electron chi connectivity index (χ2n) is 9.55. The quantitative estimate of drug-likeness (QED) is 0.509. The summed E-state index contributed by atoms with van der Waals surface area (Å²) in [6, 6.07) is 10.5. The molecule has 0 bridgehead atoms. The molecule has 2 unspecified atom stereocenters. The maximum Gasteiger partial charge on any atom is 0.494 e. The Morgan fingerprint density at radius 1 is 1.18 bits per heavy atom. The van der Waals surface area contributed by atoms with Gasteiger partial charge in [0.1, 0.15) is 0 Å². The fraction of sp³-hybridized carbons (Fsp3) is 0.458. The smallest absolute Gasteiger partial charge is 0.481 e. The van der Waals surface area contributed by atoms with E-state index in [1.807, 2.05) is 52.0 Å². The average Bonchev–Trinajstić information content (AvgIpc) is 2.99. The Balaban J connectivity index is 1.46. The molecule has 9 heteroatoms. The number of β-lactam (4-membered cyclic amide) rings is 1. The van der Waals surface area contributed by atoms with Gasteiger partial charge in [-0.15, -0.1) is 0 Å². The molecule has 2 aliphatic rings. The maximum absolute atomic E-state index is 13.0. The SMILES string of the molecule is COc1ccc(C(CC(=O)O)N2CC(c3ccc(B4OC(C)(C)C(C)(C)O4)cc3)C2=O)cn1. The van der Waals surface area contributed by atoms with Crippen molar-refractivity contribution in [1.29, 1.82) is 0 Å². The number of hydrogen-bond acceptors (Lipinski definition) is 6. The van der Waals surface area contributed by atoms with Gasteiger partial charge >= 0.3 is 13.1 Å². The van der Waals surface area contributed by atoms with Gasteiger partial charge in [0.15, 0.2) is 0 Å². The van der Waals surface area contributed by atoms with Crippen molar-refractivity contribution in [2.45, 2.75) is 57.3 Å². The number of hydrogen-bond donors (Lipinski definition) is 1. The summed E-state index contributed by atoms with van der Waals surface area (Å²) in [5, 5.41) is 9.38. The zero-order valence-electron chi connectivity index (χ0n) is 19.6. The Kier molecular flexibility index (Phi) is 5.96. The van der Waals surface area contributed by atoms with Crippen LogP contribution in [0.1, 0.15) is 57.2 Å². The van der Waals surface area contributed by atoms with E-state index < -0.39 is 30.3 Å². The third-order valence-electron chi connectivity index (χ3n) is 6.92. The highest BCUT2D eigenvalue weighted by atomic mass is 16.7. The van der Waals surface area contributed by atoms with Gasteiger partial charge in [-0.3, -0.25) is 9.59 Å². The molecule has 2 saturated heterocycles. The number of benzene rings is 1. The van der Waals surface area contributed by atoms with Crippen molar-refractivity contribution in [3.63, 3.8) is 0 Å². The standard InChI is InChI=1S/C24H29BN2O6/c1-23(2)24(3,4)33-25(32-23)17-9-6-15(7-10-17)18-14-27(22(18)30)19(12-21(28)29)16-8-11-20(31-5)26-13-16/h6-11,13,18-19H,12,14H2,1-5H3,(H,28,29). The van der Waals surface area contributed by atoms with Crippen LogP contribution in [0.25, 0.3) is 0 Å². The molecule has 8 nitrogen and oxygen atoms in total. The summed E-state index contributed by atoms with van der Waals surface area (Å²) in [7, 11) is 1.05. The van der Waals surface area contributed by atoms with E-state index in [4.69, 9.17) is 14.0 Å². The summed E-state index contributed by atoms with van der Waals surface area (Å²) in [5.41, 5.74) is 1.61. The van der Waals surface area contributed by atoms with Gasteiger partial charge in [-0.05, 0) is 44.3 Å². The van der Waals surface area contributed by atoms with Crippen LogP contribution in [-0.2, 0) is 18.9 Å². The molecule has 1 aromatic heterocycles. The van der Waals surface area contributed by atoms with E-state index in [9.17, 15) is 14.7 Å². The molecule has 2 atom stereocenters. The summed E-state index contributed by atoms with van der Waals surface area (Å²) in [4.78, 5) is 30.2. The van der Waals surface area contributed by atoms with Crippen molar-refractivity contribution in [1.82, 2.24) is 9.88 Å². The first kappa shape index (κ1) is 23.3. The Hall–Kier alpha value is -2.91. The summed E-state index contributed by atoms with van der Waals surface area (Å²) < 4.78 is 17.3. The largest absolute Gasteiger partial charge is 0.494 e. The monoisotopic (exact) mass is 452 g/mol. The molecule has 1 N–H and O–H groups in total. The predicted octanol–water partition coefficient (Wildman–Crippen LogP) is 2.53. The first-order valence-electron chi connectivity index (χ1n) is 11.0. The molecule has 3 heterocycles. The summed E-state index contributed by atoms with van der Waals surface area (Å²) in [6.07, 6.45) is 1.37. The van der Waals surface area contributed by atoms with Gasteiger partial charge in [0.2, 0.25) is 11.8 Å². The van der Waals surface area contributed by atoms with E-state index >= 15 is 0 Å². The number of amides is 1. The minimum atomic E-state index is -0.973. The summed E-state index contributed by atoms with van der Waals surface area (Å²) >= 11 is 0. The zero-order valence-corrected chi connectivity index (χ0v) is 19.6. The molecule has 0 spiro atoms. The van der Waals surface area contributed by atoms with Crippen LogP contribution < -0.4 is 10.2 Å². The molecule has 1 aromatic carbocycles. The van der Waals surface area contributed by atoms with Gasteiger partial charge in [-0.2, -0.15) is 0 Å². The number of pyridine rings is 1. The lowest BCUT2D eigenvalue weighted by Crippen LogP contribution is -2.52. The number of carbonyl (C=O) groups excluding carboxylic acids is 1. The average molecular weight is 452 g/mol. The molecule has 2 fully saturated rings. The third kappa shape index (κ3) is 4.35. The number of likely N-dealkylation sites (tertiary alicyclic amines) is 1. The first-order valence-corrected chi connectivity index (χ1v) is 11.0. The maximum atomic E-state index is 13.0. The van der Waals surface area contributed by atoms with Crippen molar-refractivity contribution in [2.75, 3.05) is 13.7 Å². The molecule has 0 radical (unpaired) electrons. The van der Waals surface area contributed by atoms with Gasteiger partial charge in [0.05, 0.1) is 36.7 Å². The van der Waals surface area contributed by atoms with Gasteiger partial charge in [-0.1, -0.05) is 30.3 Å². The van der Waals surface area contributed by atoms with Crippen molar-refractivity contribution in [2.24, 2.45) is 0 Å². The number of carboxylic acid groups (broad SMARTS) is 1. The molecule has 0 saturated carbocycles. The van der Waals surface area contributed by atoms with Gasteiger partial charge in [0.25, 0.3) is 0 Å². The van der Waals surface area contributed by atoms with E-state index in [0.29, 0.717) is 18.0 Å². The van der Waals surface area contributed by atoms with Crippen LogP contribution in [0.3, 0.4) is 0 Å². The lowest BCUT2D eigenvalue weighted by atomic mass is 9.77. The van der Waals surface area contributed by atoms with Crippen molar-refractivity contribution >= 4 is 24.5 Å². The van der Waals surface area contributed by atoms with E-state index in [1.165, 1.54) is 7.11 Å². The van der Waals surface area contributed by atoms with Gasteiger partial charge in [-0.25, -0.2) is 4.98 Å². The molecule has 1 amide bonds.